The van der Waals surface area contributed by atoms with Gasteiger partial charge in [0.2, 0.25) is 0 Å². The lowest BCUT2D eigenvalue weighted by molar-refractivity contribution is 0.138. The lowest BCUT2D eigenvalue weighted by Gasteiger charge is -2.34. The molecule has 2 aliphatic heterocycles. The smallest absolute Gasteiger partial charge is 0.149 e. The van der Waals surface area contributed by atoms with Crippen LogP contribution in [0.4, 0.5) is 14.5 Å². The van der Waals surface area contributed by atoms with Crippen molar-refractivity contribution in [1.82, 2.24) is 0 Å². The second-order valence-corrected chi connectivity index (χ2v) is 5.05. The molecule has 0 N–H and O–H groups in total. The Labute approximate surface area is 103 Å². The van der Waals surface area contributed by atoms with Gasteiger partial charge >= 0.3 is 0 Å². The maximum Gasteiger partial charge on any atom is 0.149 e. The number of alkyl halides is 1. The van der Waals surface area contributed by atoms with E-state index in [1.165, 1.54) is 6.07 Å². The van der Waals surface area contributed by atoms with Crippen LogP contribution in [-0.2, 0) is 4.74 Å². The predicted molar refractivity (Wildman–Crippen MR) is 61.8 cm³/mol. The Hall–Kier alpha value is -0.870. The van der Waals surface area contributed by atoms with Gasteiger partial charge in [-0.05, 0) is 24.6 Å². The molecule has 5 heteroatoms. The third-order valence-corrected chi connectivity index (χ3v) is 3.76. The molecule has 0 bridgehead atoms. The molecule has 0 amide bonds. The third kappa shape index (κ3) is 1.89. The highest BCUT2D eigenvalue weighted by molar-refractivity contribution is 6.30. The van der Waals surface area contributed by atoms with Crippen molar-refractivity contribution in [3.05, 3.63) is 29.0 Å². The summed E-state index contributed by atoms with van der Waals surface area (Å²) >= 11 is 5.69. The van der Waals surface area contributed by atoms with Crippen LogP contribution in [0.5, 0.6) is 0 Å². The minimum Gasteiger partial charge on any atom is -0.366 e. The molecule has 0 unspecified atom stereocenters. The summed E-state index contributed by atoms with van der Waals surface area (Å²) in [5.74, 6) is -0.405. The highest BCUT2D eigenvalue weighted by atomic mass is 35.5. The topological polar surface area (TPSA) is 15.8 Å². The van der Waals surface area contributed by atoms with E-state index in [0.29, 0.717) is 30.3 Å². The molecule has 0 saturated carbocycles. The number of anilines is 1. The van der Waals surface area contributed by atoms with E-state index >= 15 is 0 Å². The van der Waals surface area contributed by atoms with Crippen LogP contribution in [0.2, 0.25) is 5.02 Å². The highest BCUT2D eigenvalue weighted by Gasteiger charge is 2.55. The number of benzene rings is 1. The quantitative estimate of drug-likeness (QED) is 0.721. The van der Waals surface area contributed by atoms with E-state index in [4.69, 9.17) is 16.3 Å². The maximum atomic E-state index is 13.9. The highest BCUT2D eigenvalue weighted by Crippen LogP contribution is 2.41. The van der Waals surface area contributed by atoms with E-state index in [0.717, 1.165) is 0 Å². The van der Waals surface area contributed by atoms with Crippen LogP contribution < -0.4 is 4.90 Å². The first-order valence-electron chi connectivity index (χ1n) is 5.59. The first-order valence-corrected chi connectivity index (χ1v) is 5.97. The average molecular weight is 260 g/mol. The van der Waals surface area contributed by atoms with Crippen LogP contribution in [-0.4, -0.2) is 31.5 Å². The molecule has 3 rings (SSSR count). The van der Waals surface area contributed by atoms with Gasteiger partial charge in [-0.15, -0.1) is 0 Å². The summed E-state index contributed by atoms with van der Waals surface area (Å²) < 4.78 is 32.7. The summed E-state index contributed by atoms with van der Waals surface area (Å²) in [4.78, 5) is 1.71. The number of rotatable bonds is 1. The van der Waals surface area contributed by atoms with Gasteiger partial charge < -0.3 is 9.64 Å². The number of hydrogen-bond donors (Lipinski definition) is 0. The van der Waals surface area contributed by atoms with Crippen LogP contribution in [0.15, 0.2) is 18.2 Å². The maximum absolute atomic E-state index is 13.9. The second-order valence-electron chi connectivity index (χ2n) is 4.61. The van der Waals surface area contributed by atoms with E-state index in [1.54, 1.807) is 17.0 Å². The second kappa shape index (κ2) is 3.82. The first kappa shape index (κ1) is 11.2. The normalized spacial score (nSPS) is 31.9. The van der Waals surface area contributed by atoms with Crippen molar-refractivity contribution >= 4 is 17.3 Å². The molecule has 2 nitrogen and oxygen atoms in total. The molecule has 0 aliphatic carbocycles. The van der Waals surface area contributed by atoms with Gasteiger partial charge in [0, 0.05) is 11.6 Å². The van der Waals surface area contributed by atoms with Crippen LogP contribution in [0.3, 0.4) is 0 Å². The Bertz CT molecular complexity index is 450. The Morgan fingerprint density at radius 1 is 1.47 bits per heavy atom. The molecule has 92 valence electrons. The van der Waals surface area contributed by atoms with Crippen LogP contribution in [0.1, 0.15) is 6.42 Å². The molecule has 2 atom stereocenters. The van der Waals surface area contributed by atoms with Crippen LogP contribution >= 0.6 is 11.6 Å². The third-order valence-electron chi connectivity index (χ3n) is 3.52. The van der Waals surface area contributed by atoms with Gasteiger partial charge in [0.25, 0.3) is 0 Å². The molecule has 1 aromatic rings. The summed E-state index contributed by atoms with van der Waals surface area (Å²) in [6, 6.07) is 4.46. The number of ether oxygens (including phenoxy) is 1. The Morgan fingerprint density at radius 3 is 2.82 bits per heavy atom. The Balaban J connectivity index is 1.81. The minimum absolute atomic E-state index is 0.179. The van der Waals surface area contributed by atoms with Crippen molar-refractivity contribution in [3.8, 4) is 0 Å². The van der Waals surface area contributed by atoms with Gasteiger partial charge in [-0.25, -0.2) is 8.78 Å². The molecule has 0 radical (unpaired) electrons. The molecule has 1 aromatic carbocycles. The molecule has 2 heterocycles. The number of halogens is 3. The number of nitrogens with zero attached hydrogens (tertiary/aromatic N) is 1. The zero-order valence-electron chi connectivity index (χ0n) is 9.13. The number of hydrogen-bond acceptors (Lipinski definition) is 2. The predicted octanol–water partition coefficient (Wildman–Crippen LogP) is 2.80. The van der Waals surface area contributed by atoms with Crippen LogP contribution in [0.25, 0.3) is 0 Å². The van der Waals surface area contributed by atoms with Gasteiger partial charge in [0.1, 0.15) is 17.6 Å². The molecule has 2 fully saturated rings. The molecule has 2 saturated heterocycles. The van der Waals surface area contributed by atoms with Crippen molar-refractivity contribution in [3.63, 3.8) is 0 Å². The molecule has 1 spiro atoms. The van der Waals surface area contributed by atoms with E-state index in [-0.39, 0.29) is 6.54 Å². The van der Waals surface area contributed by atoms with Crippen molar-refractivity contribution in [2.75, 3.05) is 24.6 Å². The fourth-order valence-corrected chi connectivity index (χ4v) is 2.47. The van der Waals surface area contributed by atoms with Crippen molar-refractivity contribution in [1.29, 1.82) is 0 Å². The van der Waals surface area contributed by atoms with E-state index < -0.39 is 17.6 Å². The van der Waals surface area contributed by atoms with E-state index in [9.17, 15) is 8.78 Å². The SMILES string of the molecule is Fc1cc(Cl)ccc1N1CC[C@@]2(CO2)[C@H](F)C1. The van der Waals surface area contributed by atoms with Gasteiger partial charge in [-0.3, -0.25) is 0 Å². The molecular weight excluding hydrogens is 248 g/mol. The first-order chi connectivity index (χ1) is 8.11. The van der Waals surface area contributed by atoms with Crippen LogP contribution in [0, 0.1) is 5.82 Å². The fourth-order valence-electron chi connectivity index (χ4n) is 2.31. The fraction of sp³-hybridized carbons (Fsp3) is 0.500. The van der Waals surface area contributed by atoms with Crippen molar-refractivity contribution < 1.29 is 13.5 Å². The summed E-state index contributed by atoms with van der Waals surface area (Å²) in [5.41, 5.74) is -0.160. The van der Waals surface area contributed by atoms with E-state index in [2.05, 4.69) is 0 Å². The standard InChI is InChI=1S/C12H12ClF2NO/c13-8-1-2-10(9(14)5-8)16-4-3-12(7-17-12)11(15)6-16/h1-2,5,11H,3-4,6-7H2/t11-,12-/m1/s1. The molecule has 17 heavy (non-hydrogen) atoms. The largest absolute Gasteiger partial charge is 0.366 e. The number of epoxide rings is 1. The lowest BCUT2D eigenvalue weighted by Crippen LogP contribution is -2.47. The van der Waals surface area contributed by atoms with Gasteiger partial charge in [-0.1, -0.05) is 11.6 Å². The summed E-state index contributed by atoms with van der Waals surface area (Å²) in [6.07, 6.45) is -0.442. The Kier molecular flexibility index (Phi) is 2.52. The van der Waals surface area contributed by atoms with E-state index in [1.807, 2.05) is 0 Å². The summed E-state index contributed by atoms with van der Waals surface area (Å²) in [5, 5.41) is 0.349. The minimum atomic E-state index is -1.05. The molecule has 2 aliphatic rings. The summed E-state index contributed by atoms with van der Waals surface area (Å²) in [7, 11) is 0. The lowest BCUT2D eigenvalue weighted by atomic mass is 9.95. The zero-order valence-corrected chi connectivity index (χ0v) is 9.88. The van der Waals surface area contributed by atoms with Gasteiger partial charge in [0.15, 0.2) is 0 Å². The monoisotopic (exact) mass is 259 g/mol. The summed E-state index contributed by atoms with van der Waals surface area (Å²) in [6.45, 7) is 1.28. The average Bonchev–Trinajstić information content (AvgIpc) is 3.04. The molecular formula is C12H12ClF2NO. The van der Waals surface area contributed by atoms with Gasteiger partial charge in [-0.2, -0.15) is 0 Å². The Morgan fingerprint density at radius 2 is 2.24 bits per heavy atom. The van der Waals surface area contributed by atoms with Crippen molar-refractivity contribution in [2.24, 2.45) is 0 Å². The molecule has 0 aromatic heterocycles. The van der Waals surface area contributed by atoms with Gasteiger partial charge in [0.05, 0.1) is 18.8 Å². The zero-order chi connectivity index (χ0) is 12.0. The van der Waals surface area contributed by atoms with Crippen molar-refractivity contribution in [2.45, 2.75) is 18.2 Å². The number of piperidine rings is 1.